The Hall–Kier alpha value is -0.820. The third-order valence-electron chi connectivity index (χ3n) is 4.08. The van der Waals surface area contributed by atoms with Crippen LogP contribution in [0.3, 0.4) is 0 Å². The second-order valence-corrected chi connectivity index (χ2v) is 8.17. The summed E-state index contributed by atoms with van der Waals surface area (Å²) in [6.45, 7) is 5.15. The zero-order valence-corrected chi connectivity index (χ0v) is 14.1. The van der Waals surface area contributed by atoms with Crippen LogP contribution in [0.5, 0.6) is 5.75 Å². The molecule has 0 radical (unpaired) electrons. The molecule has 1 saturated heterocycles. The van der Waals surface area contributed by atoms with Gasteiger partial charge in [-0.2, -0.15) is 4.31 Å². The van der Waals surface area contributed by atoms with Gasteiger partial charge in [0.1, 0.15) is 5.75 Å². The quantitative estimate of drug-likeness (QED) is 0.915. The van der Waals surface area contributed by atoms with Crippen LogP contribution in [0, 0.1) is 12.3 Å². The summed E-state index contributed by atoms with van der Waals surface area (Å²) in [5, 5.41) is 0.294. The first kappa shape index (κ1) is 16.5. The fourth-order valence-corrected chi connectivity index (χ4v) is 4.69. The smallest absolute Gasteiger partial charge is 0.243 e. The fraction of sp³-hybridized carbons (Fsp3) is 0.571. The first-order valence-electron chi connectivity index (χ1n) is 6.78. The molecule has 1 fully saturated rings. The molecule has 118 valence electrons. The predicted molar refractivity (Wildman–Crippen MR) is 83.3 cm³/mol. The summed E-state index contributed by atoms with van der Waals surface area (Å²) in [6.07, 6.45) is 0.770. The fourth-order valence-electron chi connectivity index (χ4n) is 2.56. The second-order valence-electron chi connectivity index (χ2n) is 5.86. The van der Waals surface area contributed by atoms with Crippen molar-refractivity contribution in [2.75, 3.05) is 26.7 Å². The average molecular weight is 333 g/mol. The van der Waals surface area contributed by atoms with Crippen LogP contribution in [0.25, 0.3) is 0 Å². The number of hydrogen-bond donors (Lipinski definition) is 1. The lowest BCUT2D eigenvalue weighted by Crippen LogP contribution is -2.34. The van der Waals surface area contributed by atoms with Gasteiger partial charge in [-0.3, -0.25) is 0 Å². The molecule has 1 aliphatic heterocycles. The van der Waals surface area contributed by atoms with Crippen molar-refractivity contribution in [3.8, 4) is 5.75 Å². The number of ether oxygens (including phenoxy) is 1. The Labute approximate surface area is 131 Å². The van der Waals surface area contributed by atoms with E-state index in [0.29, 0.717) is 36.0 Å². The molecule has 1 aromatic carbocycles. The number of aryl methyl sites for hydroxylation is 1. The van der Waals surface area contributed by atoms with Crippen LogP contribution in [0.4, 0.5) is 0 Å². The van der Waals surface area contributed by atoms with E-state index in [9.17, 15) is 8.42 Å². The Balaban J connectivity index is 2.40. The van der Waals surface area contributed by atoms with E-state index in [1.54, 1.807) is 13.0 Å². The molecule has 1 aromatic rings. The van der Waals surface area contributed by atoms with E-state index in [0.717, 1.165) is 6.42 Å². The number of methoxy groups -OCH3 is 1. The maximum Gasteiger partial charge on any atom is 0.243 e. The van der Waals surface area contributed by atoms with Crippen molar-refractivity contribution in [2.24, 2.45) is 11.1 Å². The van der Waals surface area contributed by atoms with Crippen LogP contribution in [-0.2, 0) is 10.0 Å². The highest BCUT2D eigenvalue weighted by molar-refractivity contribution is 7.89. The summed E-state index contributed by atoms with van der Waals surface area (Å²) in [4.78, 5) is 0.231. The Morgan fingerprint density at radius 2 is 2.14 bits per heavy atom. The van der Waals surface area contributed by atoms with E-state index in [1.165, 1.54) is 17.5 Å². The molecule has 1 unspecified atom stereocenters. The van der Waals surface area contributed by atoms with Crippen molar-refractivity contribution in [1.82, 2.24) is 4.31 Å². The van der Waals surface area contributed by atoms with Crippen molar-refractivity contribution in [1.29, 1.82) is 0 Å². The maximum atomic E-state index is 12.8. The lowest BCUT2D eigenvalue weighted by atomic mass is 9.90. The second kappa shape index (κ2) is 5.76. The summed E-state index contributed by atoms with van der Waals surface area (Å²) in [5.41, 5.74) is 6.21. The summed E-state index contributed by atoms with van der Waals surface area (Å²) < 4.78 is 32.2. The molecule has 0 aromatic heterocycles. The number of halogens is 1. The van der Waals surface area contributed by atoms with Crippen molar-refractivity contribution in [3.05, 3.63) is 22.7 Å². The van der Waals surface area contributed by atoms with E-state index < -0.39 is 10.0 Å². The summed E-state index contributed by atoms with van der Waals surface area (Å²) in [5.74, 6) is 0.473. The van der Waals surface area contributed by atoms with Gasteiger partial charge in [0.25, 0.3) is 0 Å². The van der Waals surface area contributed by atoms with E-state index in [4.69, 9.17) is 22.1 Å². The van der Waals surface area contributed by atoms with E-state index in [2.05, 4.69) is 0 Å². The van der Waals surface area contributed by atoms with Gasteiger partial charge in [-0.25, -0.2) is 8.42 Å². The number of hydrogen-bond acceptors (Lipinski definition) is 4. The van der Waals surface area contributed by atoms with Gasteiger partial charge in [0, 0.05) is 13.1 Å². The van der Waals surface area contributed by atoms with Gasteiger partial charge in [0.05, 0.1) is 17.0 Å². The zero-order valence-electron chi connectivity index (χ0n) is 12.5. The molecular formula is C14H21ClN2O3S. The summed E-state index contributed by atoms with van der Waals surface area (Å²) in [6, 6.07) is 3.11. The van der Waals surface area contributed by atoms with E-state index in [-0.39, 0.29) is 10.3 Å². The molecule has 1 aliphatic rings. The Morgan fingerprint density at radius 1 is 1.48 bits per heavy atom. The van der Waals surface area contributed by atoms with Gasteiger partial charge < -0.3 is 10.5 Å². The SMILES string of the molecule is COc1cc(C)c(S(=O)(=O)N2CCC(C)(CN)C2)cc1Cl. The minimum atomic E-state index is -3.56. The molecule has 5 nitrogen and oxygen atoms in total. The molecule has 1 atom stereocenters. The molecule has 0 spiro atoms. The third kappa shape index (κ3) is 3.04. The summed E-state index contributed by atoms with van der Waals surface area (Å²) in [7, 11) is -2.06. The molecule has 21 heavy (non-hydrogen) atoms. The largest absolute Gasteiger partial charge is 0.495 e. The molecule has 7 heteroatoms. The maximum absolute atomic E-state index is 12.8. The zero-order chi connectivity index (χ0) is 15.8. The van der Waals surface area contributed by atoms with Gasteiger partial charge in [-0.15, -0.1) is 0 Å². The van der Waals surface area contributed by atoms with E-state index >= 15 is 0 Å². The standard InChI is InChI=1S/C14H21ClN2O3S/c1-10-6-12(20-3)11(15)7-13(10)21(18,19)17-5-4-14(2,8-16)9-17/h6-7H,4-5,8-9,16H2,1-3H3. The van der Waals surface area contributed by atoms with Gasteiger partial charge in [-0.05, 0) is 43.0 Å². The van der Waals surface area contributed by atoms with Gasteiger partial charge in [0.15, 0.2) is 0 Å². The summed E-state index contributed by atoms with van der Waals surface area (Å²) >= 11 is 6.07. The van der Waals surface area contributed by atoms with Crippen molar-refractivity contribution < 1.29 is 13.2 Å². The third-order valence-corrected chi connectivity index (χ3v) is 6.37. The molecule has 2 rings (SSSR count). The van der Waals surface area contributed by atoms with Crippen LogP contribution in [0.15, 0.2) is 17.0 Å². The number of nitrogens with zero attached hydrogens (tertiary/aromatic N) is 1. The van der Waals surface area contributed by atoms with Gasteiger partial charge >= 0.3 is 0 Å². The Kier molecular flexibility index (Phi) is 4.54. The lowest BCUT2D eigenvalue weighted by molar-refractivity contribution is 0.349. The van der Waals surface area contributed by atoms with Crippen LogP contribution in [0.2, 0.25) is 5.02 Å². The molecule has 0 amide bonds. The van der Waals surface area contributed by atoms with Crippen molar-refractivity contribution in [2.45, 2.75) is 25.2 Å². The first-order chi connectivity index (χ1) is 9.73. The first-order valence-corrected chi connectivity index (χ1v) is 8.60. The normalized spacial score (nSPS) is 23.5. The molecule has 0 aliphatic carbocycles. The minimum absolute atomic E-state index is 0.156. The van der Waals surface area contributed by atoms with Gasteiger partial charge in [0.2, 0.25) is 10.0 Å². The average Bonchev–Trinajstić information content (AvgIpc) is 2.85. The number of benzene rings is 1. The van der Waals surface area contributed by atoms with Crippen LogP contribution < -0.4 is 10.5 Å². The van der Waals surface area contributed by atoms with E-state index in [1.807, 2.05) is 6.92 Å². The Morgan fingerprint density at radius 3 is 2.67 bits per heavy atom. The minimum Gasteiger partial charge on any atom is -0.495 e. The Bertz CT molecular complexity index is 648. The molecule has 2 N–H and O–H groups in total. The molecule has 1 heterocycles. The van der Waals surface area contributed by atoms with Crippen LogP contribution >= 0.6 is 11.6 Å². The predicted octanol–water partition coefficient (Wildman–Crippen LogP) is 2.02. The van der Waals surface area contributed by atoms with Crippen molar-refractivity contribution in [3.63, 3.8) is 0 Å². The highest BCUT2D eigenvalue weighted by atomic mass is 35.5. The highest BCUT2D eigenvalue weighted by Gasteiger charge is 2.39. The topological polar surface area (TPSA) is 72.6 Å². The number of rotatable bonds is 4. The number of sulfonamides is 1. The number of nitrogens with two attached hydrogens (primary N) is 1. The van der Waals surface area contributed by atoms with Crippen LogP contribution in [0.1, 0.15) is 18.9 Å². The van der Waals surface area contributed by atoms with Crippen molar-refractivity contribution >= 4 is 21.6 Å². The lowest BCUT2D eigenvalue weighted by Gasteiger charge is -2.23. The highest BCUT2D eigenvalue weighted by Crippen LogP contribution is 2.36. The molecular weight excluding hydrogens is 312 g/mol. The molecule has 0 saturated carbocycles. The van der Waals surface area contributed by atoms with Gasteiger partial charge in [-0.1, -0.05) is 18.5 Å². The monoisotopic (exact) mass is 332 g/mol. The molecule has 0 bridgehead atoms. The van der Waals surface area contributed by atoms with Crippen LogP contribution in [-0.4, -0.2) is 39.5 Å².